The minimum atomic E-state index is -0.388. The van der Waals surface area contributed by atoms with Gasteiger partial charge in [-0.3, -0.25) is 4.79 Å². The van der Waals surface area contributed by atoms with Crippen LogP contribution in [0.1, 0.15) is 5.56 Å². The first-order chi connectivity index (χ1) is 7.76. The van der Waals surface area contributed by atoms with Gasteiger partial charge in [0.15, 0.2) is 0 Å². The Labute approximate surface area is 95.9 Å². The van der Waals surface area contributed by atoms with Crippen molar-refractivity contribution in [1.82, 2.24) is 4.98 Å². The quantitative estimate of drug-likeness (QED) is 0.806. The molecule has 0 bridgehead atoms. The van der Waals surface area contributed by atoms with E-state index in [1.54, 1.807) is 18.2 Å². The van der Waals surface area contributed by atoms with Gasteiger partial charge in [0.25, 0.3) is 5.56 Å². The molecule has 16 heavy (non-hydrogen) atoms. The highest BCUT2D eigenvalue weighted by molar-refractivity contribution is 7.98. The standard InChI is InChI=1S/C11H8N2O2S/c1-16-10-5-8(9-3-2-4-15-9)13-11(14)7(10)6-12/h2-5H,1H3,(H,13,14). The summed E-state index contributed by atoms with van der Waals surface area (Å²) in [6, 6.07) is 7.12. The number of nitrogens with one attached hydrogen (secondary N) is 1. The molecule has 0 atom stereocenters. The third-order valence-electron chi connectivity index (χ3n) is 2.12. The summed E-state index contributed by atoms with van der Waals surface area (Å²) in [6.07, 6.45) is 3.35. The van der Waals surface area contributed by atoms with Crippen LogP contribution in [0.25, 0.3) is 11.5 Å². The van der Waals surface area contributed by atoms with Crippen molar-refractivity contribution in [2.45, 2.75) is 4.90 Å². The van der Waals surface area contributed by atoms with E-state index in [0.717, 1.165) is 0 Å². The van der Waals surface area contributed by atoms with Crippen LogP contribution in [-0.2, 0) is 0 Å². The lowest BCUT2D eigenvalue weighted by Gasteiger charge is -2.02. The second-order valence-electron chi connectivity index (χ2n) is 3.04. The molecular formula is C11H8N2O2S. The van der Waals surface area contributed by atoms with E-state index in [1.165, 1.54) is 18.0 Å². The maximum Gasteiger partial charge on any atom is 0.267 e. The van der Waals surface area contributed by atoms with E-state index in [-0.39, 0.29) is 11.1 Å². The predicted octanol–water partition coefficient (Wildman–Crippen LogP) is 2.23. The Morgan fingerprint density at radius 1 is 1.56 bits per heavy atom. The highest BCUT2D eigenvalue weighted by Gasteiger charge is 2.10. The van der Waals surface area contributed by atoms with Crippen LogP contribution in [0.4, 0.5) is 0 Å². The van der Waals surface area contributed by atoms with Crippen LogP contribution >= 0.6 is 11.8 Å². The number of H-pyrrole nitrogens is 1. The smallest absolute Gasteiger partial charge is 0.267 e. The first kappa shape index (κ1) is 10.6. The van der Waals surface area contributed by atoms with Crippen molar-refractivity contribution in [3.05, 3.63) is 40.4 Å². The lowest BCUT2D eigenvalue weighted by molar-refractivity contribution is 0.579. The molecule has 0 spiro atoms. The number of hydrogen-bond acceptors (Lipinski definition) is 4. The van der Waals surface area contributed by atoms with Crippen LogP contribution in [0.2, 0.25) is 0 Å². The molecule has 4 nitrogen and oxygen atoms in total. The average molecular weight is 232 g/mol. The minimum absolute atomic E-state index is 0.141. The summed E-state index contributed by atoms with van der Waals surface area (Å²) in [4.78, 5) is 14.9. The Morgan fingerprint density at radius 2 is 2.38 bits per heavy atom. The fourth-order valence-corrected chi connectivity index (χ4v) is 1.95. The molecule has 0 saturated carbocycles. The summed E-state index contributed by atoms with van der Waals surface area (Å²) in [5.74, 6) is 0.580. The largest absolute Gasteiger partial charge is 0.463 e. The van der Waals surface area contributed by atoms with Crippen LogP contribution < -0.4 is 5.56 Å². The third-order valence-corrected chi connectivity index (χ3v) is 2.88. The fraction of sp³-hybridized carbons (Fsp3) is 0.0909. The van der Waals surface area contributed by atoms with Gasteiger partial charge in [-0.05, 0) is 24.5 Å². The highest BCUT2D eigenvalue weighted by atomic mass is 32.2. The molecule has 2 rings (SSSR count). The summed E-state index contributed by atoms with van der Waals surface area (Å²) in [6.45, 7) is 0. The monoisotopic (exact) mass is 232 g/mol. The van der Waals surface area contributed by atoms with Crippen molar-refractivity contribution in [2.24, 2.45) is 0 Å². The van der Waals surface area contributed by atoms with E-state index in [1.807, 2.05) is 12.3 Å². The summed E-state index contributed by atoms with van der Waals surface area (Å²) in [5.41, 5.74) is 0.335. The van der Waals surface area contributed by atoms with Gasteiger partial charge in [0.1, 0.15) is 17.4 Å². The Bertz CT molecular complexity index is 593. The molecule has 0 fully saturated rings. The number of hydrogen-bond donors (Lipinski definition) is 1. The predicted molar refractivity (Wildman–Crippen MR) is 61.3 cm³/mol. The number of aromatic nitrogens is 1. The molecule has 2 heterocycles. The average Bonchev–Trinajstić information content (AvgIpc) is 2.81. The van der Waals surface area contributed by atoms with Gasteiger partial charge in [0, 0.05) is 4.90 Å². The molecule has 0 aliphatic carbocycles. The molecule has 0 saturated heterocycles. The van der Waals surface area contributed by atoms with E-state index in [4.69, 9.17) is 9.68 Å². The first-order valence-electron chi connectivity index (χ1n) is 4.51. The summed E-state index contributed by atoms with van der Waals surface area (Å²) < 4.78 is 5.19. The van der Waals surface area contributed by atoms with Crippen molar-refractivity contribution >= 4 is 11.8 Å². The van der Waals surface area contributed by atoms with Crippen molar-refractivity contribution < 1.29 is 4.42 Å². The van der Waals surface area contributed by atoms with Gasteiger partial charge in [-0.2, -0.15) is 5.26 Å². The van der Waals surface area contributed by atoms with Gasteiger partial charge < -0.3 is 9.40 Å². The summed E-state index contributed by atoms with van der Waals surface area (Å²) in [5, 5.41) is 8.85. The number of pyridine rings is 1. The Hall–Kier alpha value is -1.93. The van der Waals surface area contributed by atoms with Crippen LogP contribution in [-0.4, -0.2) is 11.2 Å². The summed E-state index contributed by atoms with van der Waals surface area (Å²) in [7, 11) is 0. The highest BCUT2D eigenvalue weighted by Crippen LogP contribution is 2.23. The lowest BCUT2D eigenvalue weighted by Crippen LogP contribution is -2.12. The van der Waals surface area contributed by atoms with Crippen molar-refractivity contribution in [1.29, 1.82) is 5.26 Å². The molecular weight excluding hydrogens is 224 g/mol. The number of thioether (sulfide) groups is 1. The van der Waals surface area contributed by atoms with E-state index < -0.39 is 0 Å². The molecule has 0 amide bonds. The van der Waals surface area contributed by atoms with Crippen LogP contribution in [0.5, 0.6) is 0 Å². The van der Waals surface area contributed by atoms with Gasteiger partial charge >= 0.3 is 0 Å². The Balaban J connectivity index is 2.65. The molecule has 0 aliphatic heterocycles. The zero-order valence-corrected chi connectivity index (χ0v) is 9.30. The Morgan fingerprint density at radius 3 is 2.94 bits per heavy atom. The maximum atomic E-state index is 11.6. The van der Waals surface area contributed by atoms with Gasteiger partial charge in [-0.1, -0.05) is 0 Å². The number of furan rings is 1. The molecule has 80 valence electrons. The molecule has 2 aromatic rings. The van der Waals surface area contributed by atoms with Crippen LogP contribution in [0.15, 0.2) is 38.6 Å². The summed E-state index contributed by atoms with van der Waals surface area (Å²) >= 11 is 1.36. The van der Waals surface area contributed by atoms with Crippen molar-refractivity contribution in [3.63, 3.8) is 0 Å². The zero-order valence-electron chi connectivity index (χ0n) is 8.48. The molecule has 5 heteroatoms. The van der Waals surface area contributed by atoms with Gasteiger partial charge in [0.2, 0.25) is 0 Å². The Kier molecular flexibility index (Phi) is 2.84. The maximum absolute atomic E-state index is 11.6. The minimum Gasteiger partial charge on any atom is -0.463 e. The number of nitrogens with zero attached hydrogens (tertiary/aromatic N) is 1. The molecule has 0 radical (unpaired) electrons. The van der Waals surface area contributed by atoms with Crippen LogP contribution in [0, 0.1) is 11.3 Å². The fourth-order valence-electron chi connectivity index (χ4n) is 1.37. The molecule has 0 aliphatic rings. The number of rotatable bonds is 2. The molecule has 2 aromatic heterocycles. The molecule has 1 N–H and O–H groups in total. The van der Waals surface area contributed by atoms with Gasteiger partial charge in [0.05, 0.1) is 12.0 Å². The van der Waals surface area contributed by atoms with E-state index in [2.05, 4.69) is 4.98 Å². The number of aromatic amines is 1. The SMILES string of the molecule is CSc1cc(-c2ccco2)[nH]c(=O)c1C#N. The van der Waals surface area contributed by atoms with Gasteiger partial charge in [-0.25, -0.2) is 0 Å². The zero-order chi connectivity index (χ0) is 11.5. The van der Waals surface area contributed by atoms with Crippen molar-refractivity contribution in [2.75, 3.05) is 6.26 Å². The first-order valence-corrected chi connectivity index (χ1v) is 5.74. The second kappa shape index (κ2) is 4.29. The molecule has 0 aromatic carbocycles. The van der Waals surface area contributed by atoms with Crippen molar-refractivity contribution in [3.8, 4) is 17.5 Å². The van der Waals surface area contributed by atoms with Crippen LogP contribution in [0.3, 0.4) is 0 Å². The van der Waals surface area contributed by atoms with Gasteiger partial charge in [-0.15, -0.1) is 11.8 Å². The van der Waals surface area contributed by atoms with E-state index >= 15 is 0 Å². The topological polar surface area (TPSA) is 69.8 Å². The second-order valence-corrected chi connectivity index (χ2v) is 3.89. The normalized spacial score (nSPS) is 10.0. The molecule has 0 unspecified atom stereocenters. The number of nitriles is 1. The van der Waals surface area contributed by atoms with E-state index in [9.17, 15) is 4.79 Å². The lowest BCUT2D eigenvalue weighted by atomic mass is 10.2. The third kappa shape index (κ3) is 1.75. The van der Waals surface area contributed by atoms with E-state index in [0.29, 0.717) is 16.3 Å².